The molecule has 11 aromatic rings. The van der Waals surface area contributed by atoms with E-state index in [4.69, 9.17) is 0 Å². The van der Waals surface area contributed by atoms with Crippen LogP contribution < -0.4 is 25.5 Å². The molecule has 0 bridgehead atoms. The van der Waals surface area contributed by atoms with Crippen LogP contribution in [0.25, 0.3) is 33.4 Å². The Labute approximate surface area is 459 Å². The zero-order valence-electron chi connectivity index (χ0n) is 42.9. The minimum Gasteiger partial charge on any atom is -0.376 e. The van der Waals surface area contributed by atoms with Crippen molar-refractivity contribution in [2.45, 2.75) is 51.2 Å². The summed E-state index contributed by atoms with van der Waals surface area (Å²) in [4.78, 5) is 13.0. The molecule has 11 aromatic carbocycles. The number of hydrogen-bond donors (Lipinski definition) is 0. The Morgan fingerprint density at radius 1 is 0.390 bits per heavy atom. The maximum absolute atomic E-state index is 2.77. The normalized spacial score (nSPS) is 14.4. The quantitative estimate of drug-likeness (QED) is 0.159. The van der Waals surface area contributed by atoms with Crippen molar-refractivity contribution < 1.29 is 0 Å². The third-order valence-corrected chi connectivity index (χ3v) is 19.3. The number of anilines is 8. The van der Waals surface area contributed by atoms with Crippen molar-refractivity contribution in [2.75, 3.05) is 14.6 Å². The average molecular weight is 1020 g/mol. The first-order valence-corrected chi connectivity index (χ1v) is 28.4. The van der Waals surface area contributed by atoms with Gasteiger partial charge in [0, 0.05) is 70.5 Å². The molecule has 0 fully saturated rings. The van der Waals surface area contributed by atoms with Gasteiger partial charge in [-0.3, -0.25) is 0 Å². The minimum absolute atomic E-state index is 0.0704. The second-order valence-corrected chi connectivity index (χ2v) is 24.1. The first-order chi connectivity index (χ1) is 37.8. The maximum Gasteiger partial charge on any atom is 0.333 e. The van der Waals surface area contributed by atoms with Gasteiger partial charge >= 0.3 is 6.85 Å². The Bertz CT molecular complexity index is 4160. The van der Waals surface area contributed by atoms with E-state index in [-0.39, 0.29) is 12.3 Å². The molecule has 3 nitrogen and oxygen atoms in total. The van der Waals surface area contributed by atoms with Crippen molar-refractivity contribution in [3.8, 4) is 33.4 Å². The zero-order chi connectivity index (χ0) is 51.1. The smallest absolute Gasteiger partial charge is 0.333 e. The van der Waals surface area contributed by atoms with Crippen LogP contribution >= 0.6 is 23.5 Å². The third kappa shape index (κ3) is 6.43. The van der Waals surface area contributed by atoms with E-state index >= 15 is 0 Å². The van der Waals surface area contributed by atoms with E-state index in [2.05, 4.69) is 284 Å². The Morgan fingerprint density at radius 2 is 0.948 bits per heavy atom. The van der Waals surface area contributed by atoms with Gasteiger partial charge in [0.05, 0.1) is 11.1 Å². The van der Waals surface area contributed by atoms with Gasteiger partial charge in [-0.2, -0.15) is 0 Å². The van der Waals surface area contributed by atoms with Crippen LogP contribution in [0.1, 0.15) is 48.6 Å². The fraction of sp³-hybridized carbons (Fsp3) is 0.0704. The van der Waals surface area contributed by atoms with Crippen molar-refractivity contribution in [2.24, 2.45) is 0 Å². The Morgan fingerprint density at radius 3 is 1.61 bits per heavy atom. The molecule has 0 N–H and O–H groups in total. The highest BCUT2D eigenvalue weighted by atomic mass is 32.2. The number of benzene rings is 11. The molecule has 77 heavy (non-hydrogen) atoms. The summed E-state index contributed by atoms with van der Waals surface area (Å²) < 4.78 is 0. The molecule has 0 radical (unpaired) electrons. The molecule has 0 unspecified atom stereocenters. The van der Waals surface area contributed by atoms with Crippen LogP contribution in [0.2, 0.25) is 0 Å². The molecule has 1 spiro atoms. The van der Waals surface area contributed by atoms with Gasteiger partial charge in [0.25, 0.3) is 0 Å². The number of nitrogens with zero attached hydrogens (tertiary/aromatic N) is 3. The highest BCUT2D eigenvalue weighted by Crippen LogP contribution is 2.65. The number of hydrogen-bond acceptors (Lipinski definition) is 5. The second-order valence-electron chi connectivity index (χ2n) is 22.0. The lowest BCUT2D eigenvalue weighted by Gasteiger charge is -2.52. The Hall–Kier alpha value is -8.42. The molecule has 0 saturated carbocycles. The Kier molecular flexibility index (Phi) is 9.78. The van der Waals surface area contributed by atoms with Gasteiger partial charge in [-0.1, -0.05) is 214 Å². The molecule has 0 amide bonds. The molecular formula is C71H50BN3S2. The van der Waals surface area contributed by atoms with Crippen LogP contribution in [0.3, 0.4) is 0 Å². The van der Waals surface area contributed by atoms with E-state index in [1.807, 2.05) is 23.5 Å². The van der Waals surface area contributed by atoms with Gasteiger partial charge in [0.15, 0.2) is 0 Å². The van der Waals surface area contributed by atoms with Gasteiger partial charge in [-0.15, -0.1) is 0 Å². The van der Waals surface area contributed by atoms with Crippen molar-refractivity contribution in [3.05, 3.63) is 277 Å². The summed E-state index contributed by atoms with van der Waals surface area (Å²) in [5.41, 5.74) is 25.4. The van der Waals surface area contributed by atoms with Crippen LogP contribution in [0.4, 0.5) is 45.5 Å². The van der Waals surface area contributed by atoms with E-state index in [1.165, 1.54) is 114 Å². The molecule has 6 heteroatoms. The lowest BCUT2D eigenvalue weighted by molar-refractivity contribution is 0.590. The largest absolute Gasteiger partial charge is 0.376 e. The standard InChI is InChI=1S/C71H50BN3S2/c1-70(2,3)46-38-39-60(53(40-46)45-22-7-4-8-23-45)74-62-44-67-66(76-64-36-19-20-37-65(64)77-67)43-59(62)72-68-54(41-49(42-63(68)74)73(47-24-9-5-10-25-47)48-26-11-6-12-27-48)52-30-21-34-58-69(52)75(72)61-35-18-17-33-57(61)71(58)55-31-15-13-28-50(55)51-29-14-16-32-56(51)71/h4-44H,1-3H3. The lowest BCUT2D eigenvalue weighted by atomic mass is 9.42. The third-order valence-electron chi connectivity index (χ3n) is 16.8. The van der Waals surface area contributed by atoms with Crippen molar-refractivity contribution in [1.82, 2.24) is 0 Å². The topological polar surface area (TPSA) is 9.72 Å². The molecule has 4 heterocycles. The van der Waals surface area contributed by atoms with Crippen LogP contribution in [-0.4, -0.2) is 6.85 Å². The average Bonchev–Trinajstić information content (AvgIpc) is 4.04. The molecule has 0 aromatic heterocycles. The summed E-state index contributed by atoms with van der Waals surface area (Å²) in [6, 6.07) is 94.2. The number of fused-ring (bicyclic) bond motifs is 15. The number of rotatable bonds is 5. The zero-order valence-corrected chi connectivity index (χ0v) is 44.5. The van der Waals surface area contributed by atoms with Gasteiger partial charge in [0.1, 0.15) is 0 Å². The lowest BCUT2D eigenvalue weighted by Crippen LogP contribution is -2.63. The summed E-state index contributed by atoms with van der Waals surface area (Å²) in [6.45, 7) is 6.79. The minimum atomic E-state index is -0.557. The van der Waals surface area contributed by atoms with Gasteiger partial charge < -0.3 is 14.6 Å². The molecule has 0 atom stereocenters. The Balaban J connectivity index is 1.07. The van der Waals surface area contributed by atoms with Gasteiger partial charge in [0.2, 0.25) is 0 Å². The maximum atomic E-state index is 2.77. The van der Waals surface area contributed by atoms with E-state index in [0.717, 1.165) is 22.7 Å². The molecule has 0 saturated heterocycles. The highest BCUT2D eigenvalue weighted by Gasteiger charge is 2.56. The molecule has 1 aliphatic carbocycles. The fourth-order valence-corrected chi connectivity index (χ4v) is 15.9. The molecular weight excluding hydrogens is 970 g/mol. The van der Waals surface area contributed by atoms with E-state index in [9.17, 15) is 0 Å². The van der Waals surface area contributed by atoms with E-state index < -0.39 is 5.41 Å². The first-order valence-electron chi connectivity index (χ1n) is 26.8. The van der Waals surface area contributed by atoms with Gasteiger partial charge in [-0.05, 0) is 145 Å². The SMILES string of the molecule is CC(C)(C)c1ccc(N2c3cc4c(cc3B3c5c(cc(N(c6ccccc6)c6ccccc6)cc52)-c2cccc5c2N3c2ccccc2C52c3ccccc3-c3ccccc32)Sc2ccccc2S4)c(-c2ccccc2)c1. The highest BCUT2D eigenvalue weighted by molar-refractivity contribution is 8.05. The van der Waals surface area contributed by atoms with Crippen molar-refractivity contribution in [1.29, 1.82) is 0 Å². The van der Waals surface area contributed by atoms with Crippen LogP contribution in [-0.2, 0) is 10.8 Å². The molecule has 364 valence electrons. The molecule has 16 rings (SSSR count). The second kappa shape index (κ2) is 16.8. The summed E-state index contributed by atoms with van der Waals surface area (Å²) in [5, 5.41) is 0. The van der Waals surface area contributed by atoms with Crippen LogP contribution in [0.15, 0.2) is 268 Å². The van der Waals surface area contributed by atoms with Gasteiger partial charge in [-0.25, -0.2) is 0 Å². The fourth-order valence-electron chi connectivity index (χ4n) is 13.6. The molecule has 4 aliphatic heterocycles. The van der Waals surface area contributed by atoms with Crippen LogP contribution in [0.5, 0.6) is 0 Å². The predicted octanol–water partition coefficient (Wildman–Crippen LogP) is 18.1. The summed E-state index contributed by atoms with van der Waals surface area (Å²) in [5.74, 6) is 0. The molecule has 5 aliphatic rings. The predicted molar refractivity (Wildman–Crippen MR) is 325 cm³/mol. The summed E-state index contributed by atoms with van der Waals surface area (Å²) >= 11 is 3.80. The monoisotopic (exact) mass is 1020 g/mol. The van der Waals surface area contributed by atoms with E-state index in [1.54, 1.807) is 0 Å². The number of para-hydroxylation sites is 4. The summed E-state index contributed by atoms with van der Waals surface area (Å²) in [7, 11) is 0. The first kappa shape index (κ1) is 44.8. The van der Waals surface area contributed by atoms with Crippen LogP contribution in [0, 0.1) is 0 Å². The van der Waals surface area contributed by atoms with Crippen molar-refractivity contribution >= 4 is 86.8 Å². The van der Waals surface area contributed by atoms with Crippen molar-refractivity contribution in [3.63, 3.8) is 0 Å². The van der Waals surface area contributed by atoms with E-state index in [0.29, 0.717) is 0 Å². The summed E-state index contributed by atoms with van der Waals surface area (Å²) in [6.07, 6.45) is 0.